The van der Waals surface area contributed by atoms with E-state index in [0.29, 0.717) is 0 Å². The zero-order valence-corrected chi connectivity index (χ0v) is 7.82. The first-order chi connectivity index (χ1) is 6.83. The van der Waals surface area contributed by atoms with Gasteiger partial charge in [0.15, 0.2) is 0 Å². The van der Waals surface area contributed by atoms with Crippen LogP contribution in [0.2, 0.25) is 0 Å². The number of methoxy groups -OCH3 is 1. The van der Waals surface area contributed by atoms with Crippen molar-refractivity contribution < 1.29 is 4.74 Å². The van der Waals surface area contributed by atoms with Gasteiger partial charge in [-0.1, -0.05) is 6.08 Å². The van der Waals surface area contributed by atoms with Crippen molar-refractivity contribution in [2.24, 2.45) is 0 Å². The van der Waals surface area contributed by atoms with Crippen molar-refractivity contribution in [1.82, 2.24) is 0 Å². The average Bonchev–Trinajstić information content (AvgIpc) is 2.27. The van der Waals surface area contributed by atoms with Crippen LogP contribution in [0.4, 0.5) is 5.69 Å². The summed E-state index contributed by atoms with van der Waals surface area (Å²) in [5, 5.41) is 11.8. The van der Waals surface area contributed by atoms with Crippen molar-refractivity contribution in [2.45, 2.75) is 6.04 Å². The van der Waals surface area contributed by atoms with Gasteiger partial charge < -0.3 is 10.1 Å². The molecule has 0 bridgehead atoms. The van der Waals surface area contributed by atoms with Gasteiger partial charge in [-0.05, 0) is 24.3 Å². The first-order valence-corrected chi connectivity index (χ1v) is 4.36. The van der Waals surface area contributed by atoms with Gasteiger partial charge in [0, 0.05) is 11.3 Å². The summed E-state index contributed by atoms with van der Waals surface area (Å²) in [6, 6.07) is 7.65. The molecule has 1 aliphatic heterocycles. The summed E-state index contributed by atoms with van der Waals surface area (Å²) >= 11 is 0. The molecule has 0 radical (unpaired) electrons. The van der Waals surface area contributed by atoms with Gasteiger partial charge >= 0.3 is 0 Å². The van der Waals surface area contributed by atoms with Gasteiger partial charge in [0.1, 0.15) is 11.8 Å². The fraction of sp³-hybridized carbons (Fsp3) is 0.182. The van der Waals surface area contributed by atoms with Crippen molar-refractivity contribution in [2.75, 3.05) is 12.4 Å². The maximum atomic E-state index is 8.73. The van der Waals surface area contributed by atoms with Crippen molar-refractivity contribution >= 4 is 11.8 Å². The molecule has 0 saturated heterocycles. The molecule has 0 fully saturated rings. The number of hydrogen-bond donors (Lipinski definition) is 1. The van der Waals surface area contributed by atoms with E-state index < -0.39 is 0 Å². The van der Waals surface area contributed by atoms with E-state index in [1.54, 1.807) is 7.11 Å². The van der Waals surface area contributed by atoms with Crippen LogP contribution < -0.4 is 10.1 Å². The Bertz CT molecular complexity index is 418. The normalized spacial score (nSPS) is 17.9. The first kappa shape index (κ1) is 8.64. The molecule has 3 heteroatoms. The second-order valence-corrected chi connectivity index (χ2v) is 3.06. The minimum Gasteiger partial charge on any atom is -0.497 e. The molecule has 14 heavy (non-hydrogen) atoms. The Morgan fingerprint density at radius 3 is 3.07 bits per heavy atom. The number of benzene rings is 1. The third-order valence-electron chi connectivity index (χ3n) is 2.18. The Morgan fingerprint density at radius 1 is 1.50 bits per heavy atom. The Hall–Kier alpha value is -1.95. The van der Waals surface area contributed by atoms with Crippen LogP contribution in [-0.4, -0.2) is 13.2 Å². The molecule has 1 N–H and O–H groups in total. The average molecular weight is 186 g/mol. The monoisotopic (exact) mass is 186 g/mol. The quantitative estimate of drug-likeness (QED) is 0.729. The number of nitriles is 1. The lowest BCUT2D eigenvalue weighted by Gasteiger charge is -2.17. The van der Waals surface area contributed by atoms with E-state index in [1.165, 1.54) is 0 Å². The van der Waals surface area contributed by atoms with Crippen LogP contribution in [0.3, 0.4) is 0 Å². The van der Waals surface area contributed by atoms with Crippen LogP contribution in [0.5, 0.6) is 5.75 Å². The van der Waals surface area contributed by atoms with Crippen LogP contribution in [0, 0.1) is 11.3 Å². The fourth-order valence-corrected chi connectivity index (χ4v) is 1.43. The Balaban J connectivity index is 2.37. The SMILES string of the molecule is COc1ccc2c(c1)C=C[C@@H](C#N)N2. The van der Waals surface area contributed by atoms with Crippen LogP contribution in [0.1, 0.15) is 5.56 Å². The Labute approximate surface area is 82.6 Å². The molecule has 0 unspecified atom stereocenters. The second-order valence-electron chi connectivity index (χ2n) is 3.06. The molecular weight excluding hydrogens is 176 g/mol. The third-order valence-corrected chi connectivity index (χ3v) is 2.18. The summed E-state index contributed by atoms with van der Waals surface area (Å²) in [7, 11) is 1.64. The fourth-order valence-electron chi connectivity index (χ4n) is 1.43. The van der Waals surface area contributed by atoms with Gasteiger partial charge in [-0.25, -0.2) is 0 Å². The number of hydrogen-bond acceptors (Lipinski definition) is 3. The van der Waals surface area contributed by atoms with E-state index in [2.05, 4.69) is 11.4 Å². The summed E-state index contributed by atoms with van der Waals surface area (Å²) in [6.07, 6.45) is 3.77. The van der Waals surface area contributed by atoms with Crippen LogP contribution in [0.25, 0.3) is 6.08 Å². The van der Waals surface area contributed by atoms with Crippen molar-refractivity contribution in [3.63, 3.8) is 0 Å². The predicted octanol–water partition coefficient (Wildman–Crippen LogP) is 2.03. The molecule has 2 rings (SSSR count). The zero-order chi connectivity index (χ0) is 9.97. The molecule has 0 aromatic heterocycles. The van der Waals surface area contributed by atoms with E-state index in [1.807, 2.05) is 30.4 Å². The first-order valence-electron chi connectivity index (χ1n) is 4.36. The zero-order valence-electron chi connectivity index (χ0n) is 7.82. The van der Waals surface area contributed by atoms with Gasteiger partial charge in [0.25, 0.3) is 0 Å². The lowest BCUT2D eigenvalue weighted by Crippen LogP contribution is -2.17. The highest BCUT2D eigenvalue weighted by molar-refractivity contribution is 5.73. The maximum Gasteiger partial charge on any atom is 0.133 e. The van der Waals surface area contributed by atoms with E-state index in [4.69, 9.17) is 10.00 Å². The van der Waals surface area contributed by atoms with Crippen molar-refractivity contribution in [1.29, 1.82) is 5.26 Å². The molecule has 0 amide bonds. The second kappa shape index (κ2) is 3.43. The lowest BCUT2D eigenvalue weighted by atomic mass is 10.1. The van der Waals surface area contributed by atoms with Crippen LogP contribution in [-0.2, 0) is 0 Å². The standard InChI is InChI=1S/C11H10N2O/c1-14-10-4-5-11-8(6-10)2-3-9(7-12)13-11/h2-6,9,13H,1H3/t9-/m0/s1. The minimum absolute atomic E-state index is 0.226. The summed E-state index contributed by atoms with van der Waals surface area (Å²) in [4.78, 5) is 0. The van der Waals surface area contributed by atoms with Gasteiger partial charge in [0.05, 0.1) is 13.2 Å². The Morgan fingerprint density at radius 2 is 2.36 bits per heavy atom. The lowest BCUT2D eigenvalue weighted by molar-refractivity contribution is 0.415. The smallest absolute Gasteiger partial charge is 0.133 e. The molecule has 1 aromatic rings. The molecule has 1 aromatic carbocycles. The number of rotatable bonds is 1. The third kappa shape index (κ3) is 1.42. The largest absolute Gasteiger partial charge is 0.497 e. The molecule has 3 nitrogen and oxygen atoms in total. The van der Waals surface area contributed by atoms with Gasteiger partial charge in [-0.2, -0.15) is 5.26 Å². The molecule has 0 saturated carbocycles. The minimum atomic E-state index is -0.226. The molecule has 0 spiro atoms. The molecule has 1 aliphatic rings. The van der Waals surface area contributed by atoms with Crippen molar-refractivity contribution in [3.05, 3.63) is 29.8 Å². The molecule has 1 atom stereocenters. The highest BCUT2D eigenvalue weighted by atomic mass is 16.5. The van der Waals surface area contributed by atoms with E-state index >= 15 is 0 Å². The topological polar surface area (TPSA) is 45.0 Å². The molecule has 0 aliphatic carbocycles. The Kier molecular flexibility index (Phi) is 2.11. The summed E-state index contributed by atoms with van der Waals surface area (Å²) in [5.41, 5.74) is 2.02. The number of nitrogens with zero attached hydrogens (tertiary/aromatic N) is 1. The van der Waals surface area contributed by atoms with E-state index in [9.17, 15) is 0 Å². The van der Waals surface area contributed by atoms with Crippen LogP contribution in [0.15, 0.2) is 24.3 Å². The van der Waals surface area contributed by atoms with Gasteiger partial charge in [-0.3, -0.25) is 0 Å². The van der Waals surface area contributed by atoms with E-state index in [0.717, 1.165) is 17.0 Å². The van der Waals surface area contributed by atoms with Gasteiger partial charge in [-0.15, -0.1) is 0 Å². The van der Waals surface area contributed by atoms with Crippen molar-refractivity contribution in [3.8, 4) is 11.8 Å². The molecule has 70 valence electrons. The number of anilines is 1. The van der Waals surface area contributed by atoms with Gasteiger partial charge in [0.2, 0.25) is 0 Å². The molecule has 1 heterocycles. The number of nitrogens with one attached hydrogen (secondary N) is 1. The summed E-state index contributed by atoms with van der Waals surface area (Å²) < 4.78 is 5.11. The summed E-state index contributed by atoms with van der Waals surface area (Å²) in [6.45, 7) is 0. The maximum absolute atomic E-state index is 8.73. The highest BCUT2D eigenvalue weighted by Gasteiger charge is 2.11. The van der Waals surface area contributed by atoms with E-state index in [-0.39, 0.29) is 6.04 Å². The highest BCUT2D eigenvalue weighted by Crippen LogP contribution is 2.26. The number of fused-ring (bicyclic) bond motifs is 1. The number of ether oxygens (including phenoxy) is 1. The predicted molar refractivity (Wildman–Crippen MR) is 55.1 cm³/mol. The molecular formula is C11H10N2O. The van der Waals surface area contributed by atoms with Crippen LogP contribution >= 0.6 is 0 Å². The summed E-state index contributed by atoms with van der Waals surface area (Å²) in [5.74, 6) is 0.825.